The minimum atomic E-state index is -3.55. The van der Waals surface area contributed by atoms with E-state index >= 15 is 0 Å². The fourth-order valence-corrected chi connectivity index (χ4v) is 4.38. The first kappa shape index (κ1) is 18.5. The van der Waals surface area contributed by atoms with E-state index in [0.29, 0.717) is 4.90 Å². The highest BCUT2D eigenvalue weighted by atomic mass is 32.2. The number of hydrogen-bond acceptors (Lipinski definition) is 3. The molecular formula is C19H26N2O2S. The normalized spacial score (nSPS) is 11.6. The molecule has 5 heteroatoms. The molecule has 0 radical (unpaired) electrons. The lowest BCUT2D eigenvalue weighted by atomic mass is 10.0. The molecule has 0 amide bonds. The zero-order valence-electron chi connectivity index (χ0n) is 15.3. The van der Waals surface area contributed by atoms with Crippen molar-refractivity contribution in [1.29, 1.82) is 0 Å². The first-order valence-electron chi connectivity index (χ1n) is 7.97. The van der Waals surface area contributed by atoms with Crippen LogP contribution < -0.4 is 9.62 Å². The van der Waals surface area contributed by atoms with Crippen LogP contribution in [0.2, 0.25) is 0 Å². The molecule has 0 aliphatic rings. The standard InChI is InChI=1S/C19H26N2O2S/c1-13-11-14(2)16(4)19(15(13)3)24(22,23)20-12-17-7-9-18(10-8-17)21(5)6/h7-11,20H,12H2,1-6H3. The number of hydrogen-bond donors (Lipinski definition) is 1. The molecule has 2 aromatic rings. The lowest BCUT2D eigenvalue weighted by Crippen LogP contribution is -2.25. The number of rotatable bonds is 5. The summed E-state index contributed by atoms with van der Waals surface area (Å²) in [6, 6.07) is 9.88. The second-order valence-electron chi connectivity index (χ2n) is 6.47. The molecule has 0 aromatic heterocycles. The summed E-state index contributed by atoms with van der Waals surface area (Å²) < 4.78 is 28.3. The fourth-order valence-electron chi connectivity index (χ4n) is 2.75. The Hall–Kier alpha value is -1.85. The zero-order chi connectivity index (χ0) is 18.1. The van der Waals surface area contributed by atoms with Gasteiger partial charge in [0.1, 0.15) is 0 Å². The van der Waals surface area contributed by atoms with Crippen molar-refractivity contribution in [3.8, 4) is 0 Å². The predicted octanol–water partition coefficient (Wildman–Crippen LogP) is 3.46. The number of benzene rings is 2. The molecule has 0 saturated carbocycles. The Morgan fingerprint density at radius 2 is 1.42 bits per heavy atom. The molecule has 24 heavy (non-hydrogen) atoms. The van der Waals surface area contributed by atoms with Gasteiger partial charge in [0.15, 0.2) is 0 Å². The Bertz CT molecular complexity index is 812. The van der Waals surface area contributed by atoms with Crippen LogP contribution in [0.5, 0.6) is 0 Å². The first-order valence-corrected chi connectivity index (χ1v) is 9.45. The van der Waals surface area contributed by atoms with Crippen molar-refractivity contribution < 1.29 is 8.42 Å². The smallest absolute Gasteiger partial charge is 0.241 e. The van der Waals surface area contributed by atoms with E-state index in [9.17, 15) is 8.42 Å². The molecule has 0 unspecified atom stereocenters. The van der Waals surface area contributed by atoms with Crippen LogP contribution in [-0.4, -0.2) is 22.5 Å². The van der Waals surface area contributed by atoms with Gasteiger partial charge in [0, 0.05) is 26.3 Å². The van der Waals surface area contributed by atoms with Crippen LogP contribution in [0.15, 0.2) is 35.2 Å². The van der Waals surface area contributed by atoms with Crippen molar-refractivity contribution in [1.82, 2.24) is 4.72 Å². The van der Waals surface area contributed by atoms with Crippen LogP contribution in [0, 0.1) is 27.7 Å². The number of anilines is 1. The number of nitrogens with zero attached hydrogens (tertiary/aromatic N) is 1. The maximum absolute atomic E-state index is 12.8. The van der Waals surface area contributed by atoms with Gasteiger partial charge in [-0.25, -0.2) is 13.1 Å². The Labute approximate surface area is 145 Å². The fraction of sp³-hybridized carbons (Fsp3) is 0.368. The summed E-state index contributed by atoms with van der Waals surface area (Å²) in [7, 11) is 0.399. The van der Waals surface area contributed by atoms with E-state index < -0.39 is 10.0 Å². The van der Waals surface area contributed by atoms with Gasteiger partial charge < -0.3 is 4.90 Å². The monoisotopic (exact) mass is 346 g/mol. The summed E-state index contributed by atoms with van der Waals surface area (Å²) in [5, 5.41) is 0. The molecule has 0 heterocycles. The van der Waals surface area contributed by atoms with Crippen molar-refractivity contribution in [2.75, 3.05) is 19.0 Å². The third-order valence-electron chi connectivity index (χ3n) is 4.48. The minimum absolute atomic E-state index is 0.280. The molecule has 0 atom stereocenters. The van der Waals surface area contributed by atoms with Gasteiger partial charge in [-0.1, -0.05) is 18.2 Å². The Balaban J connectivity index is 2.27. The van der Waals surface area contributed by atoms with Crippen LogP contribution in [0.4, 0.5) is 5.69 Å². The van der Waals surface area contributed by atoms with Crippen LogP contribution in [0.1, 0.15) is 27.8 Å². The highest BCUT2D eigenvalue weighted by Gasteiger charge is 2.21. The van der Waals surface area contributed by atoms with Gasteiger partial charge in [-0.05, 0) is 67.6 Å². The molecule has 2 rings (SSSR count). The molecule has 0 saturated heterocycles. The molecule has 0 fully saturated rings. The van der Waals surface area contributed by atoms with Gasteiger partial charge in [-0.3, -0.25) is 0 Å². The minimum Gasteiger partial charge on any atom is -0.378 e. The van der Waals surface area contributed by atoms with E-state index in [1.54, 1.807) is 0 Å². The molecular weight excluding hydrogens is 320 g/mol. The van der Waals surface area contributed by atoms with Gasteiger partial charge >= 0.3 is 0 Å². The van der Waals surface area contributed by atoms with Crippen molar-refractivity contribution in [3.63, 3.8) is 0 Å². The van der Waals surface area contributed by atoms with Crippen molar-refractivity contribution in [3.05, 3.63) is 58.1 Å². The van der Waals surface area contributed by atoms with Gasteiger partial charge in [0.25, 0.3) is 0 Å². The summed E-state index contributed by atoms with van der Waals surface area (Å²) in [5.74, 6) is 0. The number of sulfonamides is 1. The first-order chi connectivity index (χ1) is 11.1. The summed E-state index contributed by atoms with van der Waals surface area (Å²) in [6.45, 7) is 7.90. The van der Waals surface area contributed by atoms with E-state index in [2.05, 4.69) is 4.72 Å². The van der Waals surface area contributed by atoms with E-state index in [1.165, 1.54) is 0 Å². The summed E-state index contributed by atoms with van der Waals surface area (Å²) in [4.78, 5) is 2.42. The SMILES string of the molecule is Cc1cc(C)c(C)c(S(=O)(=O)NCc2ccc(N(C)C)cc2)c1C. The second kappa shape index (κ2) is 6.95. The summed E-state index contributed by atoms with van der Waals surface area (Å²) >= 11 is 0. The van der Waals surface area contributed by atoms with Crippen molar-refractivity contribution in [2.45, 2.75) is 39.1 Å². The largest absolute Gasteiger partial charge is 0.378 e. The molecule has 4 nitrogen and oxygen atoms in total. The molecule has 2 aromatic carbocycles. The van der Waals surface area contributed by atoms with Crippen LogP contribution in [0.25, 0.3) is 0 Å². The molecule has 0 spiro atoms. The van der Waals surface area contributed by atoms with Gasteiger partial charge in [0.05, 0.1) is 4.90 Å². The molecule has 1 N–H and O–H groups in total. The Morgan fingerprint density at radius 1 is 0.917 bits per heavy atom. The van der Waals surface area contributed by atoms with Crippen LogP contribution >= 0.6 is 0 Å². The maximum Gasteiger partial charge on any atom is 0.241 e. The summed E-state index contributed by atoms with van der Waals surface area (Å²) in [5.41, 5.74) is 5.64. The maximum atomic E-state index is 12.8. The third kappa shape index (κ3) is 3.79. The highest BCUT2D eigenvalue weighted by Crippen LogP contribution is 2.26. The van der Waals surface area contributed by atoms with E-state index in [4.69, 9.17) is 0 Å². The zero-order valence-corrected chi connectivity index (χ0v) is 16.1. The Kier molecular flexibility index (Phi) is 5.35. The predicted molar refractivity (Wildman–Crippen MR) is 100 cm³/mol. The summed E-state index contributed by atoms with van der Waals surface area (Å²) in [6.07, 6.45) is 0. The van der Waals surface area contributed by atoms with E-state index in [1.807, 2.05) is 77.0 Å². The third-order valence-corrected chi connectivity index (χ3v) is 6.16. The van der Waals surface area contributed by atoms with Gasteiger partial charge in [-0.15, -0.1) is 0 Å². The second-order valence-corrected chi connectivity index (χ2v) is 8.18. The Morgan fingerprint density at radius 3 is 1.88 bits per heavy atom. The van der Waals surface area contributed by atoms with Crippen molar-refractivity contribution >= 4 is 15.7 Å². The molecule has 0 aliphatic carbocycles. The van der Waals surface area contributed by atoms with Gasteiger partial charge in [-0.2, -0.15) is 0 Å². The molecule has 130 valence electrons. The van der Waals surface area contributed by atoms with Crippen LogP contribution in [0.3, 0.4) is 0 Å². The number of nitrogens with one attached hydrogen (secondary N) is 1. The lowest BCUT2D eigenvalue weighted by Gasteiger charge is -2.16. The molecule has 0 bridgehead atoms. The average molecular weight is 346 g/mol. The quantitative estimate of drug-likeness (QED) is 0.902. The highest BCUT2D eigenvalue weighted by molar-refractivity contribution is 7.89. The number of aryl methyl sites for hydroxylation is 2. The molecule has 0 aliphatic heterocycles. The topological polar surface area (TPSA) is 49.4 Å². The lowest BCUT2D eigenvalue weighted by molar-refractivity contribution is 0.579. The van der Waals surface area contributed by atoms with E-state index in [-0.39, 0.29) is 6.54 Å². The average Bonchev–Trinajstić information content (AvgIpc) is 2.51. The van der Waals surface area contributed by atoms with Gasteiger partial charge in [0.2, 0.25) is 10.0 Å². The van der Waals surface area contributed by atoms with Crippen molar-refractivity contribution in [2.24, 2.45) is 0 Å². The van der Waals surface area contributed by atoms with Crippen LogP contribution in [-0.2, 0) is 16.6 Å². The van der Waals surface area contributed by atoms with E-state index in [0.717, 1.165) is 33.5 Å².